The first kappa shape index (κ1) is 7.37. The summed E-state index contributed by atoms with van der Waals surface area (Å²) >= 11 is 0. The minimum atomic E-state index is -1.36. The van der Waals surface area contributed by atoms with Gasteiger partial charge in [-0.3, -0.25) is 0 Å². The highest BCUT2D eigenvalue weighted by Gasteiger charge is 2.16. The molecule has 1 fully saturated rings. The second-order valence-corrected chi connectivity index (χ2v) is 4.90. The lowest BCUT2D eigenvalue weighted by Crippen LogP contribution is -2.06. The van der Waals surface area contributed by atoms with Gasteiger partial charge in [0.25, 0.3) is 0 Å². The average Bonchev–Trinajstić information content (AvgIpc) is 2.28. The lowest BCUT2D eigenvalue weighted by molar-refractivity contribution is 0.182. The fourth-order valence-electron chi connectivity index (χ4n) is 1.52. The van der Waals surface area contributed by atoms with Crippen LogP contribution in [0.3, 0.4) is 0 Å². The van der Waals surface area contributed by atoms with Crippen LogP contribution in [0.5, 0.6) is 0 Å². The van der Waals surface area contributed by atoms with Crippen LogP contribution in [0.4, 0.5) is 0 Å². The van der Waals surface area contributed by atoms with Crippen LogP contribution in [0.2, 0.25) is 0 Å². The smallest absolute Gasteiger partial charge is 0.0570 e. The molecular formula is C11H22O. The Morgan fingerprint density at radius 2 is 2.25 bits per heavy atom. The Morgan fingerprint density at radius 3 is 2.75 bits per heavy atom. The van der Waals surface area contributed by atoms with Gasteiger partial charge in [0.2, 0.25) is 0 Å². The molecule has 12 heavy (non-hydrogen) atoms. The largest absolute Gasteiger partial charge is 0.381 e. The van der Waals surface area contributed by atoms with Crippen LogP contribution in [-0.4, -0.2) is 13.2 Å². The molecule has 1 rings (SSSR count). The zero-order chi connectivity index (χ0) is 10.8. The Kier molecular flexibility index (Phi) is 2.62. The first-order valence-electron chi connectivity index (χ1n) is 5.95. The molecule has 1 heterocycles. The summed E-state index contributed by atoms with van der Waals surface area (Å²) in [7, 11) is 0. The van der Waals surface area contributed by atoms with Gasteiger partial charge in [-0.15, -0.1) is 0 Å². The van der Waals surface area contributed by atoms with Crippen molar-refractivity contribution in [3.05, 3.63) is 0 Å². The zero-order valence-corrected chi connectivity index (χ0v) is 8.52. The second-order valence-electron chi connectivity index (χ2n) is 4.90. The molecule has 0 aromatic rings. The van der Waals surface area contributed by atoms with Crippen LogP contribution in [-0.2, 0) is 4.74 Å². The summed E-state index contributed by atoms with van der Waals surface area (Å²) in [5, 5.41) is 0. The molecule has 1 aliphatic heterocycles. The molecule has 0 spiro atoms. The Hall–Kier alpha value is -0.0400. The van der Waals surface area contributed by atoms with E-state index in [0.717, 1.165) is 19.3 Å². The van der Waals surface area contributed by atoms with Crippen LogP contribution < -0.4 is 0 Å². The summed E-state index contributed by atoms with van der Waals surface area (Å²) in [6.07, 6.45) is 4.12. The molecular weight excluding hydrogens is 148 g/mol. The highest BCUT2D eigenvalue weighted by molar-refractivity contribution is 4.67. The molecule has 1 aliphatic rings. The molecule has 0 bridgehead atoms. The maximum Gasteiger partial charge on any atom is 0.0570 e. The van der Waals surface area contributed by atoms with E-state index in [-0.39, 0.29) is 5.92 Å². The molecule has 0 amide bonds. The highest BCUT2D eigenvalue weighted by Crippen LogP contribution is 2.25. The summed E-state index contributed by atoms with van der Waals surface area (Å²) in [5.74, 6) is 0.116. The summed E-state index contributed by atoms with van der Waals surface area (Å²) in [6, 6.07) is 0. The quantitative estimate of drug-likeness (QED) is 0.635. The van der Waals surface area contributed by atoms with Crippen LogP contribution in [0.1, 0.15) is 49.2 Å². The Labute approximate surface area is 79.3 Å². The van der Waals surface area contributed by atoms with Crippen LogP contribution in [0.25, 0.3) is 0 Å². The normalized spacial score (nSPS) is 31.4. The van der Waals surface area contributed by atoms with E-state index >= 15 is 0 Å². The monoisotopic (exact) mass is 172 g/mol. The number of hydrogen-bond donors (Lipinski definition) is 0. The predicted molar refractivity (Wildman–Crippen MR) is 52.2 cm³/mol. The Balaban J connectivity index is 2.25. The molecule has 1 saturated heterocycles. The molecule has 1 nitrogen and oxygen atoms in total. The van der Waals surface area contributed by atoms with E-state index in [1.165, 1.54) is 6.42 Å². The van der Waals surface area contributed by atoms with E-state index in [9.17, 15) is 0 Å². The summed E-state index contributed by atoms with van der Waals surface area (Å²) < 4.78 is 20.3. The van der Waals surface area contributed by atoms with Crippen molar-refractivity contribution >= 4 is 0 Å². The van der Waals surface area contributed by atoms with Gasteiger partial charge in [-0.05, 0) is 30.6 Å². The topological polar surface area (TPSA) is 9.23 Å². The van der Waals surface area contributed by atoms with Gasteiger partial charge in [0, 0.05) is 13.2 Å². The van der Waals surface area contributed by atoms with Crippen molar-refractivity contribution in [3.63, 3.8) is 0 Å². The fraction of sp³-hybridized carbons (Fsp3) is 1.00. The molecule has 1 unspecified atom stereocenters. The maximum absolute atomic E-state index is 7.62. The maximum atomic E-state index is 7.62. The van der Waals surface area contributed by atoms with Crippen LogP contribution in [0.15, 0.2) is 0 Å². The predicted octanol–water partition coefficient (Wildman–Crippen LogP) is 3.24. The molecule has 0 radical (unpaired) electrons. The van der Waals surface area contributed by atoms with Crippen molar-refractivity contribution in [3.8, 4) is 0 Å². The van der Waals surface area contributed by atoms with Crippen LogP contribution >= 0.6 is 0 Å². The van der Waals surface area contributed by atoms with Gasteiger partial charge >= 0.3 is 0 Å². The van der Waals surface area contributed by atoms with Crippen molar-refractivity contribution in [1.82, 2.24) is 0 Å². The third-order valence-corrected chi connectivity index (χ3v) is 2.30. The highest BCUT2D eigenvalue weighted by atomic mass is 16.5. The van der Waals surface area contributed by atoms with E-state index in [1.807, 2.05) is 0 Å². The second kappa shape index (κ2) is 4.27. The van der Waals surface area contributed by atoms with E-state index < -0.39 is 6.56 Å². The lowest BCUT2D eigenvalue weighted by Gasteiger charge is -2.18. The lowest BCUT2D eigenvalue weighted by atomic mass is 9.88. The van der Waals surface area contributed by atoms with Crippen molar-refractivity contribution in [1.29, 1.82) is 0 Å². The standard InChI is InChI=1S/C11H22O/c1-11(2,3)7-4-5-10-6-8-12-9-10/h10H,4-9H2,1-3H3/i9D2. The number of rotatable bonds is 3. The van der Waals surface area contributed by atoms with E-state index in [0.29, 0.717) is 12.0 Å². The number of ether oxygens (including phenoxy) is 1. The molecule has 0 aromatic heterocycles. The van der Waals surface area contributed by atoms with Crippen molar-refractivity contribution in [2.45, 2.75) is 46.5 Å². The summed E-state index contributed by atoms with van der Waals surface area (Å²) in [5.41, 5.74) is 0.367. The van der Waals surface area contributed by atoms with E-state index in [1.54, 1.807) is 0 Å². The Morgan fingerprint density at radius 1 is 1.50 bits per heavy atom. The third kappa shape index (κ3) is 4.10. The molecule has 1 atom stereocenters. The molecule has 1 heteroatoms. The molecule has 0 N–H and O–H groups in total. The molecule has 0 aromatic carbocycles. The van der Waals surface area contributed by atoms with Crippen molar-refractivity contribution in [2.24, 2.45) is 11.3 Å². The summed E-state index contributed by atoms with van der Waals surface area (Å²) in [6.45, 7) is 5.91. The van der Waals surface area contributed by atoms with Crippen molar-refractivity contribution < 1.29 is 7.48 Å². The van der Waals surface area contributed by atoms with Crippen molar-refractivity contribution in [2.75, 3.05) is 13.2 Å². The molecule has 0 saturated carbocycles. The van der Waals surface area contributed by atoms with Gasteiger partial charge in [0.15, 0.2) is 0 Å². The Bertz CT molecular complexity index is 184. The first-order chi connectivity index (χ1) is 6.31. The minimum absolute atomic E-state index is 0.116. The van der Waals surface area contributed by atoms with E-state index in [4.69, 9.17) is 7.48 Å². The fourth-order valence-corrected chi connectivity index (χ4v) is 1.52. The zero-order valence-electron chi connectivity index (χ0n) is 10.5. The molecule has 0 aliphatic carbocycles. The third-order valence-electron chi connectivity index (χ3n) is 2.30. The van der Waals surface area contributed by atoms with Gasteiger partial charge in [-0.2, -0.15) is 0 Å². The molecule has 72 valence electrons. The van der Waals surface area contributed by atoms with Gasteiger partial charge in [0.1, 0.15) is 0 Å². The van der Waals surface area contributed by atoms with E-state index in [2.05, 4.69) is 20.8 Å². The number of hydrogen-bond acceptors (Lipinski definition) is 1. The minimum Gasteiger partial charge on any atom is -0.381 e. The van der Waals surface area contributed by atoms with Gasteiger partial charge in [0.05, 0.1) is 2.74 Å². The van der Waals surface area contributed by atoms with Gasteiger partial charge in [-0.1, -0.05) is 27.2 Å². The first-order valence-corrected chi connectivity index (χ1v) is 4.95. The average molecular weight is 172 g/mol. The SMILES string of the molecule is [2H]C1([2H])OCCC1CCCC(C)(C)C. The van der Waals surface area contributed by atoms with Gasteiger partial charge < -0.3 is 4.74 Å². The summed E-state index contributed by atoms with van der Waals surface area (Å²) in [4.78, 5) is 0. The van der Waals surface area contributed by atoms with Crippen LogP contribution in [0, 0.1) is 11.3 Å². The van der Waals surface area contributed by atoms with Gasteiger partial charge in [-0.25, -0.2) is 0 Å².